The number of non-ortho nitro benzene ring substituents is 1. The molecule has 4 rings (SSSR count). The van der Waals surface area contributed by atoms with Crippen LogP contribution in [0.2, 0.25) is 0 Å². The van der Waals surface area contributed by atoms with Crippen LogP contribution in [0.25, 0.3) is 10.9 Å². The Hall–Kier alpha value is -3.68. The molecule has 2 heterocycles. The SMILES string of the molecule is Cl.N=C(N)N1CCCC(CNC(=O)[C@@H](Cc2c[nH]c3ccccc23)NS(=O)(=O)c2ccc([N+](=O)[O-])cc2)C1. The van der Waals surface area contributed by atoms with Gasteiger partial charge < -0.3 is 20.9 Å². The number of carbonyl (C=O) groups excluding carboxylic acids is 1. The number of rotatable bonds is 9. The number of nitrogens with two attached hydrogens (primary N) is 1. The molecular weight excluding hydrogens is 534 g/mol. The Morgan fingerprint density at radius 2 is 1.95 bits per heavy atom. The van der Waals surface area contributed by atoms with E-state index >= 15 is 0 Å². The van der Waals surface area contributed by atoms with Crippen molar-refractivity contribution in [2.45, 2.75) is 30.2 Å². The highest BCUT2D eigenvalue weighted by Gasteiger charge is 2.29. The minimum atomic E-state index is -4.16. The van der Waals surface area contributed by atoms with E-state index in [1.807, 2.05) is 24.3 Å². The first-order valence-corrected chi connectivity index (χ1v) is 13.3. The van der Waals surface area contributed by atoms with Gasteiger partial charge in [-0.05, 0) is 48.9 Å². The maximum atomic E-state index is 13.3. The normalized spacial score (nSPS) is 16.4. The second-order valence-corrected chi connectivity index (χ2v) is 10.8. The lowest BCUT2D eigenvalue weighted by molar-refractivity contribution is -0.384. The molecule has 38 heavy (non-hydrogen) atoms. The third-order valence-electron chi connectivity index (χ3n) is 6.50. The number of carbonyl (C=O) groups is 1. The Labute approximate surface area is 226 Å². The number of nitrogens with zero attached hydrogens (tertiary/aromatic N) is 2. The topological polar surface area (TPSA) is 187 Å². The van der Waals surface area contributed by atoms with Crippen molar-refractivity contribution in [3.63, 3.8) is 0 Å². The number of amides is 1. The van der Waals surface area contributed by atoms with Crippen molar-refractivity contribution < 1.29 is 18.1 Å². The molecule has 0 radical (unpaired) electrons. The van der Waals surface area contributed by atoms with Gasteiger partial charge in [0.15, 0.2) is 5.96 Å². The number of H-pyrrole nitrogens is 1. The standard InChI is InChI=1S/C24H29N7O5S.ClH/c25-24(26)30-11-3-4-16(15-30)13-28-23(32)22(12-17-14-27-21-6-2-1-5-20(17)21)29-37(35,36)19-9-7-18(8-10-19)31(33)34;/h1-2,5-10,14,16,22,27,29H,3-4,11-13,15H2,(H3,25,26)(H,28,32);1H/t16?,22-;/m1./s1. The molecule has 14 heteroatoms. The maximum absolute atomic E-state index is 13.3. The number of halogens is 1. The maximum Gasteiger partial charge on any atom is 0.269 e. The number of para-hydroxylation sites is 1. The van der Waals surface area contributed by atoms with Gasteiger partial charge in [0.05, 0.1) is 9.82 Å². The minimum absolute atomic E-state index is 0. The number of guanidine groups is 1. The van der Waals surface area contributed by atoms with Gasteiger partial charge in [-0.15, -0.1) is 12.4 Å². The number of aromatic amines is 1. The Balaban J connectivity index is 0.00000400. The Morgan fingerprint density at radius 3 is 2.63 bits per heavy atom. The van der Waals surface area contributed by atoms with Gasteiger partial charge in [-0.25, -0.2) is 8.42 Å². The summed E-state index contributed by atoms with van der Waals surface area (Å²) in [4.78, 5) is 28.3. The monoisotopic (exact) mass is 563 g/mol. The van der Waals surface area contributed by atoms with E-state index in [0.717, 1.165) is 53.6 Å². The highest BCUT2D eigenvalue weighted by atomic mass is 35.5. The molecule has 6 N–H and O–H groups in total. The van der Waals surface area contributed by atoms with Crippen LogP contribution in [0.5, 0.6) is 0 Å². The molecule has 1 aliphatic rings. The van der Waals surface area contributed by atoms with Crippen molar-refractivity contribution in [3.8, 4) is 0 Å². The van der Waals surface area contributed by atoms with E-state index in [1.165, 1.54) is 0 Å². The minimum Gasteiger partial charge on any atom is -0.370 e. The van der Waals surface area contributed by atoms with Crippen LogP contribution in [0.15, 0.2) is 59.6 Å². The summed E-state index contributed by atoms with van der Waals surface area (Å²) in [6.45, 7) is 1.54. The molecule has 2 atom stereocenters. The summed E-state index contributed by atoms with van der Waals surface area (Å²) in [6, 6.07) is 10.9. The van der Waals surface area contributed by atoms with Crippen LogP contribution >= 0.6 is 12.4 Å². The van der Waals surface area contributed by atoms with Gasteiger partial charge in [0.25, 0.3) is 5.69 Å². The smallest absolute Gasteiger partial charge is 0.269 e. The summed E-state index contributed by atoms with van der Waals surface area (Å²) >= 11 is 0. The van der Waals surface area contributed by atoms with Crippen LogP contribution in [0.1, 0.15) is 18.4 Å². The number of sulfonamides is 1. The average molecular weight is 564 g/mol. The average Bonchev–Trinajstić information content (AvgIpc) is 3.29. The highest BCUT2D eigenvalue weighted by molar-refractivity contribution is 7.89. The Morgan fingerprint density at radius 1 is 1.24 bits per heavy atom. The first-order chi connectivity index (χ1) is 17.6. The number of likely N-dealkylation sites (tertiary alicyclic amines) is 1. The third kappa shape index (κ3) is 6.79. The molecule has 0 spiro atoms. The lowest BCUT2D eigenvalue weighted by Crippen LogP contribution is -2.51. The summed E-state index contributed by atoms with van der Waals surface area (Å²) in [5, 5.41) is 22.3. The quantitative estimate of drug-likeness (QED) is 0.114. The zero-order chi connectivity index (χ0) is 26.6. The van der Waals surface area contributed by atoms with E-state index in [-0.39, 0.29) is 41.3 Å². The number of nitrogens with one attached hydrogen (secondary N) is 4. The van der Waals surface area contributed by atoms with Crippen LogP contribution in [-0.4, -0.2) is 60.8 Å². The summed E-state index contributed by atoms with van der Waals surface area (Å²) in [6.07, 6.45) is 3.53. The van der Waals surface area contributed by atoms with Gasteiger partial charge >= 0.3 is 0 Å². The fourth-order valence-corrected chi connectivity index (χ4v) is 5.72. The lowest BCUT2D eigenvalue weighted by atomic mass is 9.98. The predicted molar refractivity (Wildman–Crippen MR) is 146 cm³/mol. The van der Waals surface area contributed by atoms with Crippen molar-refractivity contribution in [2.24, 2.45) is 11.7 Å². The molecule has 1 amide bonds. The van der Waals surface area contributed by atoms with Crippen molar-refractivity contribution in [3.05, 3.63) is 70.4 Å². The van der Waals surface area contributed by atoms with E-state index < -0.39 is 26.9 Å². The number of hydrogen-bond donors (Lipinski definition) is 5. The summed E-state index contributed by atoms with van der Waals surface area (Å²) < 4.78 is 28.8. The zero-order valence-electron chi connectivity index (χ0n) is 20.4. The molecule has 1 unspecified atom stereocenters. The van der Waals surface area contributed by atoms with Gasteiger partial charge in [0, 0.05) is 48.9 Å². The first kappa shape index (κ1) is 28.9. The van der Waals surface area contributed by atoms with E-state index in [0.29, 0.717) is 19.6 Å². The summed E-state index contributed by atoms with van der Waals surface area (Å²) in [5.74, 6) is -0.429. The number of benzene rings is 2. The third-order valence-corrected chi connectivity index (χ3v) is 7.98. The molecule has 204 valence electrons. The van der Waals surface area contributed by atoms with E-state index in [9.17, 15) is 23.3 Å². The number of fused-ring (bicyclic) bond motifs is 1. The van der Waals surface area contributed by atoms with Gasteiger partial charge in [-0.2, -0.15) is 4.72 Å². The van der Waals surface area contributed by atoms with Crippen LogP contribution in [-0.2, 0) is 21.2 Å². The van der Waals surface area contributed by atoms with Crippen molar-refractivity contribution >= 4 is 50.9 Å². The van der Waals surface area contributed by atoms with Crippen LogP contribution in [0.3, 0.4) is 0 Å². The Kier molecular flexibility index (Phi) is 9.31. The largest absolute Gasteiger partial charge is 0.370 e. The number of hydrogen-bond acceptors (Lipinski definition) is 6. The number of nitro groups is 1. The fourth-order valence-electron chi connectivity index (χ4n) is 4.53. The van der Waals surface area contributed by atoms with E-state index in [4.69, 9.17) is 11.1 Å². The molecule has 1 fully saturated rings. The van der Waals surface area contributed by atoms with Gasteiger partial charge in [-0.1, -0.05) is 18.2 Å². The molecule has 0 aliphatic carbocycles. The fraction of sp³-hybridized carbons (Fsp3) is 0.333. The van der Waals surface area contributed by atoms with Gasteiger partial charge in [-0.3, -0.25) is 20.3 Å². The van der Waals surface area contributed by atoms with Crippen LogP contribution in [0.4, 0.5) is 5.69 Å². The molecule has 0 saturated carbocycles. The molecule has 3 aromatic rings. The van der Waals surface area contributed by atoms with Gasteiger partial charge in [0.1, 0.15) is 6.04 Å². The molecule has 12 nitrogen and oxygen atoms in total. The zero-order valence-corrected chi connectivity index (χ0v) is 22.1. The van der Waals surface area contributed by atoms with Crippen molar-refractivity contribution in [1.82, 2.24) is 19.9 Å². The van der Waals surface area contributed by atoms with E-state index in [1.54, 1.807) is 11.1 Å². The number of aromatic nitrogens is 1. The summed E-state index contributed by atoms with van der Waals surface area (Å²) in [7, 11) is -4.16. The van der Waals surface area contributed by atoms with Crippen molar-refractivity contribution in [2.75, 3.05) is 19.6 Å². The Bertz CT molecular complexity index is 1410. The van der Waals surface area contributed by atoms with Gasteiger partial charge in [0.2, 0.25) is 15.9 Å². The molecular formula is C24H30ClN7O5S. The second-order valence-electron chi connectivity index (χ2n) is 9.07. The predicted octanol–water partition coefficient (Wildman–Crippen LogP) is 2.11. The van der Waals surface area contributed by atoms with E-state index in [2.05, 4.69) is 15.0 Å². The first-order valence-electron chi connectivity index (χ1n) is 11.8. The van der Waals surface area contributed by atoms with Crippen molar-refractivity contribution in [1.29, 1.82) is 5.41 Å². The molecule has 1 aliphatic heterocycles. The van der Waals surface area contributed by atoms with Crippen LogP contribution < -0.4 is 15.8 Å². The number of piperidine rings is 1. The lowest BCUT2D eigenvalue weighted by Gasteiger charge is -2.33. The number of nitro benzene ring substituents is 1. The summed E-state index contributed by atoms with van der Waals surface area (Å²) in [5.41, 5.74) is 7.00. The second kappa shape index (κ2) is 12.2. The molecule has 1 aromatic heterocycles. The molecule has 1 saturated heterocycles. The molecule has 2 aromatic carbocycles. The highest BCUT2D eigenvalue weighted by Crippen LogP contribution is 2.21. The van der Waals surface area contributed by atoms with Crippen LogP contribution in [0, 0.1) is 21.4 Å². The molecule has 0 bridgehead atoms.